The molecule has 4 saturated carbocycles. The molecule has 2 nitrogen and oxygen atoms in total. The molecule has 1 aromatic rings. The third kappa shape index (κ3) is 1.90. The topological polar surface area (TPSA) is 35.8 Å². The van der Waals surface area contributed by atoms with Gasteiger partial charge in [-0.25, -0.2) is 4.39 Å². The number of halogens is 1. The summed E-state index contributed by atoms with van der Waals surface area (Å²) in [5, 5.41) is 12.5. The molecule has 104 valence electrons. The number of nitriles is 1. The quantitative estimate of drug-likeness (QED) is 0.883. The van der Waals surface area contributed by atoms with E-state index in [0.717, 1.165) is 29.4 Å². The summed E-state index contributed by atoms with van der Waals surface area (Å²) in [5.74, 6) is 3.05. The number of nitrogens with zero attached hydrogens (tertiary/aromatic N) is 1. The third-order valence-corrected chi connectivity index (χ3v) is 5.65. The fourth-order valence-electron chi connectivity index (χ4n) is 5.05. The van der Waals surface area contributed by atoms with Crippen LogP contribution in [0.15, 0.2) is 18.2 Å². The molecule has 0 heterocycles. The Hall–Kier alpha value is -1.56. The predicted molar refractivity (Wildman–Crippen MR) is 75.6 cm³/mol. The number of anilines is 1. The van der Waals surface area contributed by atoms with Gasteiger partial charge in [0, 0.05) is 11.7 Å². The number of rotatable bonds is 2. The monoisotopic (exact) mass is 270 g/mol. The zero-order chi connectivity index (χ0) is 13.7. The second-order valence-corrected chi connectivity index (χ2v) is 6.91. The Bertz CT molecular complexity index is 547. The van der Waals surface area contributed by atoms with Gasteiger partial charge in [0.25, 0.3) is 0 Å². The van der Waals surface area contributed by atoms with Crippen molar-refractivity contribution in [1.82, 2.24) is 0 Å². The van der Waals surface area contributed by atoms with E-state index in [4.69, 9.17) is 5.26 Å². The van der Waals surface area contributed by atoms with Gasteiger partial charge in [0.2, 0.25) is 0 Å². The number of benzene rings is 1. The second-order valence-electron chi connectivity index (χ2n) is 6.91. The maximum Gasteiger partial charge on any atom is 0.141 e. The molecule has 0 atom stereocenters. The highest BCUT2D eigenvalue weighted by molar-refractivity contribution is 5.50. The van der Waals surface area contributed by atoms with Crippen LogP contribution in [0.3, 0.4) is 0 Å². The molecule has 1 aromatic carbocycles. The highest BCUT2D eigenvalue weighted by atomic mass is 19.1. The lowest BCUT2D eigenvalue weighted by atomic mass is 9.54. The maximum atomic E-state index is 13.4. The van der Waals surface area contributed by atoms with Gasteiger partial charge in [-0.15, -0.1) is 0 Å². The summed E-state index contributed by atoms with van der Waals surface area (Å²) in [6, 6.07) is 7.27. The molecule has 0 saturated heterocycles. The van der Waals surface area contributed by atoms with Crippen LogP contribution in [0.4, 0.5) is 10.1 Å². The van der Waals surface area contributed by atoms with E-state index < -0.39 is 5.82 Å². The Morgan fingerprint density at radius 3 is 2.30 bits per heavy atom. The Morgan fingerprint density at radius 2 is 1.70 bits per heavy atom. The minimum absolute atomic E-state index is 0.138. The van der Waals surface area contributed by atoms with E-state index in [9.17, 15) is 4.39 Å². The van der Waals surface area contributed by atoms with Crippen LogP contribution in [0.25, 0.3) is 0 Å². The predicted octanol–water partition coefficient (Wildman–Crippen LogP) is 3.93. The first kappa shape index (κ1) is 12.2. The molecule has 3 heteroatoms. The van der Waals surface area contributed by atoms with Gasteiger partial charge in [-0.3, -0.25) is 0 Å². The van der Waals surface area contributed by atoms with Crippen LogP contribution in [-0.4, -0.2) is 6.04 Å². The maximum absolute atomic E-state index is 13.4. The average Bonchev–Trinajstić information content (AvgIpc) is 2.44. The normalized spacial score (nSPS) is 37.7. The third-order valence-electron chi connectivity index (χ3n) is 5.65. The van der Waals surface area contributed by atoms with E-state index in [1.165, 1.54) is 38.2 Å². The van der Waals surface area contributed by atoms with E-state index in [2.05, 4.69) is 5.32 Å². The number of hydrogen-bond donors (Lipinski definition) is 1. The van der Waals surface area contributed by atoms with Gasteiger partial charge < -0.3 is 5.32 Å². The highest BCUT2D eigenvalue weighted by Gasteiger charge is 2.48. The van der Waals surface area contributed by atoms with E-state index in [-0.39, 0.29) is 5.56 Å². The van der Waals surface area contributed by atoms with Crippen molar-refractivity contribution in [3.05, 3.63) is 29.6 Å². The van der Waals surface area contributed by atoms with E-state index in [1.54, 1.807) is 12.1 Å². The first-order valence-corrected chi connectivity index (χ1v) is 7.69. The Labute approximate surface area is 119 Å². The van der Waals surface area contributed by atoms with Crippen LogP contribution in [0.1, 0.15) is 37.7 Å². The largest absolute Gasteiger partial charge is 0.382 e. The van der Waals surface area contributed by atoms with Crippen LogP contribution in [0.2, 0.25) is 0 Å². The van der Waals surface area contributed by atoms with Gasteiger partial charge in [0.05, 0.1) is 5.56 Å². The summed E-state index contributed by atoms with van der Waals surface area (Å²) in [7, 11) is 0. The molecule has 0 aliphatic heterocycles. The number of hydrogen-bond acceptors (Lipinski definition) is 2. The van der Waals surface area contributed by atoms with Crippen LogP contribution >= 0.6 is 0 Å². The van der Waals surface area contributed by atoms with Crippen molar-refractivity contribution >= 4 is 5.69 Å². The lowest BCUT2D eigenvalue weighted by molar-refractivity contribution is 0.00754. The Morgan fingerprint density at radius 1 is 1.05 bits per heavy atom. The molecular weight excluding hydrogens is 251 g/mol. The Balaban J connectivity index is 1.56. The fraction of sp³-hybridized carbons (Fsp3) is 0.588. The summed E-state index contributed by atoms with van der Waals surface area (Å²) in [6.07, 6.45) is 6.89. The average molecular weight is 270 g/mol. The fourth-order valence-corrected chi connectivity index (χ4v) is 5.05. The second kappa shape index (κ2) is 4.48. The van der Waals surface area contributed by atoms with Gasteiger partial charge >= 0.3 is 0 Å². The lowest BCUT2D eigenvalue weighted by Gasteiger charge is -2.54. The summed E-state index contributed by atoms with van der Waals surface area (Å²) in [4.78, 5) is 0. The summed E-state index contributed by atoms with van der Waals surface area (Å²) >= 11 is 0. The minimum Gasteiger partial charge on any atom is -0.382 e. The zero-order valence-corrected chi connectivity index (χ0v) is 11.5. The highest BCUT2D eigenvalue weighted by Crippen LogP contribution is 2.54. The van der Waals surface area contributed by atoms with E-state index >= 15 is 0 Å². The molecule has 5 rings (SSSR count). The van der Waals surface area contributed by atoms with Crippen molar-refractivity contribution in [2.75, 3.05) is 5.32 Å². The molecule has 1 N–H and O–H groups in total. The van der Waals surface area contributed by atoms with E-state index in [1.807, 2.05) is 6.07 Å². The van der Waals surface area contributed by atoms with Crippen molar-refractivity contribution < 1.29 is 4.39 Å². The molecule has 0 aromatic heterocycles. The van der Waals surface area contributed by atoms with Gasteiger partial charge in [0.1, 0.15) is 11.9 Å². The lowest BCUT2D eigenvalue weighted by Crippen LogP contribution is -2.51. The summed E-state index contributed by atoms with van der Waals surface area (Å²) in [5.41, 5.74) is 1.04. The SMILES string of the molecule is N#Cc1cc(NC2C3CC4CC(C3)CC2C4)ccc1F. The van der Waals surface area contributed by atoms with Crippen molar-refractivity contribution in [3.63, 3.8) is 0 Å². The molecule has 20 heavy (non-hydrogen) atoms. The van der Waals surface area contributed by atoms with Crippen LogP contribution in [0, 0.1) is 40.8 Å². The van der Waals surface area contributed by atoms with Crippen molar-refractivity contribution in [3.8, 4) is 6.07 Å². The van der Waals surface area contributed by atoms with Crippen molar-refractivity contribution in [2.45, 2.75) is 38.1 Å². The summed E-state index contributed by atoms with van der Waals surface area (Å²) < 4.78 is 13.4. The molecule has 0 radical (unpaired) electrons. The van der Waals surface area contributed by atoms with Crippen molar-refractivity contribution in [2.24, 2.45) is 23.7 Å². The number of nitrogens with one attached hydrogen (secondary N) is 1. The molecule has 4 fully saturated rings. The van der Waals surface area contributed by atoms with Gasteiger partial charge in [-0.1, -0.05) is 0 Å². The smallest absolute Gasteiger partial charge is 0.141 e. The molecule has 4 aliphatic carbocycles. The molecular formula is C17H19FN2. The standard InChI is InChI=1S/C17H19FN2/c18-16-2-1-15(8-14(16)9-19)20-17-12-4-10-3-11(6-12)7-13(17)5-10/h1-2,8,10-13,17,20H,3-7H2. The molecule has 0 spiro atoms. The summed E-state index contributed by atoms with van der Waals surface area (Å²) in [6.45, 7) is 0. The molecule has 4 bridgehead atoms. The molecule has 4 aliphatic rings. The van der Waals surface area contributed by atoms with Crippen LogP contribution < -0.4 is 5.32 Å². The van der Waals surface area contributed by atoms with Crippen LogP contribution in [0.5, 0.6) is 0 Å². The Kier molecular flexibility index (Phi) is 2.73. The zero-order valence-electron chi connectivity index (χ0n) is 11.5. The molecule has 0 amide bonds. The van der Waals surface area contributed by atoms with Gasteiger partial charge in [-0.05, 0) is 74.0 Å². The first-order valence-electron chi connectivity index (χ1n) is 7.69. The van der Waals surface area contributed by atoms with E-state index in [0.29, 0.717) is 6.04 Å². The van der Waals surface area contributed by atoms with Gasteiger partial charge in [0.15, 0.2) is 0 Å². The minimum atomic E-state index is -0.428. The first-order chi connectivity index (χ1) is 9.72. The van der Waals surface area contributed by atoms with Gasteiger partial charge in [-0.2, -0.15) is 5.26 Å². The molecule has 0 unspecified atom stereocenters. The van der Waals surface area contributed by atoms with Crippen molar-refractivity contribution in [1.29, 1.82) is 5.26 Å². The van der Waals surface area contributed by atoms with Crippen LogP contribution in [-0.2, 0) is 0 Å².